The summed E-state index contributed by atoms with van der Waals surface area (Å²) >= 11 is 6.50. The third-order valence-corrected chi connectivity index (χ3v) is 8.56. The Morgan fingerprint density at radius 3 is 2.60 bits per heavy atom. The molecule has 2 amide bonds. The third-order valence-electron chi connectivity index (χ3n) is 8.28. The van der Waals surface area contributed by atoms with Crippen molar-refractivity contribution in [3.05, 3.63) is 88.3 Å². The maximum atomic E-state index is 13.4. The lowest BCUT2D eigenvalue weighted by Gasteiger charge is -2.30. The van der Waals surface area contributed by atoms with E-state index in [0.717, 1.165) is 41.5 Å². The fourth-order valence-corrected chi connectivity index (χ4v) is 6.12. The first kappa shape index (κ1) is 27.4. The molecule has 7 rings (SSSR count). The Balaban J connectivity index is 1.02. The van der Waals surface area contributed by atoms with Crippen molar-refractivity contribution in [3.63, 3.8) is 0 Å². The normalized spacial score (nSPS) is 16.6. The molecule has 2 aromatic heterocycles. The number of rotatable bonds is 6. The smallest absolute Gasteiger partial charge is 0.254 e. The summed E-state index contributed by atoms with van der Waals surface area (Å²) in [7, 11) is 0. The summed E-state index contributed by atoms with van der Waals surface area (Å²) in [4.78, 5) is 47.9. The molecule has 3 aliphatic rings. The molecule has 218 valence electrons. The molecule has 0 atom stereocenters. The zero-order valence-corrected chi connectivity index (χ0v) is 24.3. The van der Waals surface area contributed by atoms with Gasteiger partial charge in [0.05, 0.1) is 16.9 Å². The van der Waals surface area contributed by atoms with Gasteiger partial charge < -0.3 is 19.9 Å². The van der Waals surface area contributed by atoms with Gasteiger partial charge in [-0.25, -0.2) is 19.9 Å². The Kier molecular flexibility index (Phi) is 7.46. The van der Waals surface area contributed by atoms with E-state index in [1.807, 2.05) is 35.2 Å². The van der Waals surface area contributed by atoms with Gasteiger partial charge in [0.25, 0.3) is 5.91 Å². The average molecular weight is 596 g/mol. The number of nitrogens with one attached hydrogen (secondary N) is 1. The molecule has 0 saturated carbocycles. The van der Waals surface area contributed by atoms with Crippen molar-refractivity contribution >= 4 is 29.4 Å². The van der Waals surface area contributed by atoms with Crippen LogP contribution in [0.25, 0.3) is 22.6 Å². The zero-order chi connectivity index (χ0) is 29.3. The standard InChI is InChI=1S/C32H30ClN7O3/c33-27-16-36-32(37-25-7-12-43-13-8-25)38-29(27)21-2-5-24-18-40(31(42)26(24)15-21)19-28(41)39-11-6-20-14-22(3-4-23(20)17-39)30-34-9-1-10-35-30/h1-5,9-10,14-16,25H,6-8,11-13,17-19H2,(H,36,37,38). The summed E-state index contributed by atoms with van der Waals surface area (Å²) in [6, 6.07) is 13.8. The van der Waals surface area contributed by atoms with Crippen molar-refractivity contribution in [2.75, 3.05) is 31.6 Å². The Labute approximate surface area is 254 Å². The molecule has 10 nitrogen and oxygen atoms in total. The first-order valence-electron chi connectivity index (χ1n) is 14.5. The molecule has 0 bridgehead atoms. The van der Waals surface area contributed by atoms with Gasteiger partial charge in [0.1, 0.15) is 6.54 Å². The van der Waals surface area contributed by atoms with Crippen LogP contribution < -0.4 is 5.32 Å². The molecular formula is C32H30ClN7O3. The van der Waals surface area contributed by atoms with Gasteiger partial charge in [-0.1, -0.05) is 35.9 Å². The Morgan fingerprint density at radius 1 is 0.977 bits per heavy atom. The number of hydrogen-bond acceptors (Lipinski definition) is 8. The predicted molar refractivity (Wildman–Crippen MR) is 161 cm³/mol. The lowest BCUT2D eigenvalue weighted by Crippen LogP contribution is -2.42. The fourth-order valence-electron chi connectivity index (χ4n) is 5.92. The maximum Gasteiger partial charge on any atom is 0.254 e. The van der Waals surface area contributed by atoms with Crippen molar-refractivity contribution in [1.82, 2.24) is 29.7 Å². The van der Waals surface area contributed by atoms with Crippen molar-refractivity contribution in [2.24, 2.45) is 0 Å². The maximum absolute atomic E-state index is 13.4. The van der Waals surface area contributed by atoms with E-state index in [0.29, 0.717) is 60.9 Å². The fraction of sp³-hybridized carbons (Fsp3) is 0.312. The van der Waals surface area contributed by atoms with E-state index in [1.54, 1.807) is 29.6 Å². The minimum Gasteiger partial charge on any atom is -0.381 e. The van der Waals surface area contributed by atoms with Crippen molar-refractivity contribution in [2.45, 2.75) is 38.4 Å². The van der Waals surface area contributed by atoms with Crippen molar-refractivity contribution in [3.8, 4) is 22.6 Å². The molecular weight excluding hydrogens is 566 g/mol. The van der Waals surface area contributed by atoms with E-state index in [-0.39, 0.29) is 24.4 Å². The van der Waals surface area contributed by atoms with Crippen LogP contribution in [-0.2, 0) is 29.0 Å². The average Bonchev–Trinajstić information content (AvgIpc) is 3.36. The van der Waals surface area contributed by atoms with Crippen molar-refractivity contribution in [1.29, 1.82) is 0 Å². The first-order chi connectivity index (χ1) is 21.0. The highest BCUT2D eigenvalue weighted by Gasteiger charge is 2.31. The van der Waals surface area contributed by atoms with Crippen LogP contribution in [0.5, 0.6) is 0 Å². The van der Waals surface area contributed by atoms with Crippen LogP contribution in [0, 0.1) is 0 Å². The van der Waals surface area contributed by atoms with E-state index in [4.69, 9.17) is 16.3 Å². The topological polar surface area (TPSA) is 113 Å². The molecule has 5 heterocycles. The molecule has 0 radical (unpaired) electrons. The second kappa shape index (κ2) is 11.7. The molecule has 1 fully saturated rings. The lowest BCUT2D eigenvalue weighted by molar-refractivity contribution is -0.132. The minimum atomic E-state index is -0.166. The number of hydrogen-bond donors (Lipinski definition) is 1. The van der Waals surface area contributed by atoms with Crippen LogP contribution in [0.4, 0.5) is 5.95 Å². The van der Waals surface area contributed by atoms with Gasteiger partial charge in [-0.2, -0.15) is 0 Å². The summed E-state index contributed by atoms with van der Waals surface area (Å²) in [6.07, 6.45) is 7.56. The van der Waals surface area contributed by atoms with E-state index < -0.39 is 0 Å². The SMILES string of the molecule is O=C(CN1Cc2ccc(-c3nc(NC4CCOCC4)ncc3Cl)cc2C1=O)N1CCc2cc(-c3ncccn3)ccc2C1. The van der Waals surface area contributed by atoms with Crippen LogP contribution >= 0.6 is 11.6 Å². The number of ether oxygens (including phenoxy) is 1. The number of carbonyl (C=O) groups is 2. The Bertz CT molecular complexity index is 1690. The highest BCUT2D eigenvalue weighted by atomic mass is 35.5. The van der Waals surface area contributed by atoms with Crippen LogP contribution in [0.3, 0.4) is 0 Å². The van der Waals surface area contributed by atoms with Gasteiger partial charge in [-0.05, 0) is 54.2 Å². The molecule has 11 heteroatoms. The Hall–Kier alpha value is -4.41. The van der Waals surface area contributed by atoms with Gasteiger partial charge in [0.15, 0.2) is 5.82 Å². The molecule has 1 N–H and O–H groups in total. The summed E-state index contributed by atoms with van der Waals surface area (Å²) < 4.78 is 5.44. The van der Waals surface area contributed by atoms with Gasteiger partial charge >= 0.3 is 0 Å². The van der Waals surface area contributed by atoms with Crippen LogP contribution in [-0.4, -0.2) is 73.9 Å². The van der Waals surface area contributed by atoms with E-state index in [1.165, 1.54) is 5.56 Å². The van der Waals surface area contributed by atoms with Gasteiger partial charge in [-0.3, -0.25) is 9.59 Å². The van der Waals surface area contributed by atoms with Crippen LogP contribution in [0.15, 0.2) is 61.1 Å². The molecule has 0 unspecified atom stereocenters. The van der Waals surface area contributed by atoms with Crippen LogP contribution in [0.1, 0.15) is 39.9 Å². The Morgan fingerprint density at radius 2 is 1.77 bits per heavy atom. The number of fused-ring (bicyclic) bond motifs is 2. The third kappa shape index (κ3) is 5.68. The van der Waals surface area contributed by atoms with Crippen molar-refractivity contribution < 1.29 is 14.3 Å². The number of carbonyl (C=O) groups excluding carboxylic acids is 2. The largest absolute Gasteiger partial charge is 0.381 e. The number of amides is 2. The predicted octanol–water partition coefficient (Wildman–Crippen LogP) is 4.39. The summed E-state index contributed by atoms with van der Waals surface area (Å²) in [5, 5.41) is 3.78. The highest BCUT2D eigenvalue weighted by molar-refractivity contribution is 6.33. The highest BCUT2D eigenvalue weighted by Crippen LogP contribution is 2.32. The summed E-state index contributed by atoms with van der Waals surface area (Å²) in [5.41, 5.74) is 6.01. The van der Waals surface area contributed by atoms with E-state index >= 15 is 0 Å². The van der Waals surface area contributed by atoms with Gasteiger partial charge in [0.2, 0.25) is 11.9 Å². The second-order valence-corrected chi connectivity index (χ2v) is 11.5. The van der Waals surface area contributed by atoms with E-state index in [2.05, 4.69) is 31.3 Å². The number of aromatic nitrogens is 4. The number of nitrogens with zero attached hydrogens (tertiary/aromatic N) is 6. The van der Waals surface area contributed by atoms with Gasteiger partial charge in [0, 0.05) is 68.0 Å². The van der Waals surface area contributed by atoms with Crippen LogP contribution in [0.2, 0.25) is 5.02 Å². The summed E-state index contributed by atoms with van der Waals surface area (Å²) in [6.45, 7) is 2.95. The number of benzene rings is 2. The summed E-state index contributed by atoms with van der Waals surface area (Å²) in [5.74, 6) is 0.956. The van der Waals surface area contributed by atoms with Gasteiger partial charge in [-0.15, -0.1) is 0 Å². The minimum absolute atomic E-state index is 0.0293. The lowest BCUT2D eigenvalue weighted by atomic mass is 9.97. The molecule has 4 aromatic rings. The first-order valence-corrected chi connectivity index (χ1v) is 14.9. The molecule has 2 aromatic carbocycles. The zero-order valence-electron chi connectivity index (χ0n) is 23.5. The molecule has 3 aliphatic heterocycles. The monoisotopic (exact) mass is 595 g/mol. The number of anilines is 1. The quantitative estimate of drug-likeness (QED) is 0.349. The number of halogens is 1. The second-order valence-electron chi connectivity index (χ2n) is 11.1. The van der Waals surface area contributed by atoms with E-state index in [9.17, 15) is 9.59 Å². The molecule has 1 saturated heterocycles. The molecule has 0 spiro atoms. The molecule has 43 heavy (non-hydrogen) atoms. The molecule has 0 aliphatic carbocycles.